The molecule has 0 aliphatic heterocycles. The zero-order valence-corrected chi connectivity index (χ0v) is 16.1. The van der Waals surface area contributed by atoms with Crippen LogP contribution in [0.5, 0.6) is 11.8 Å². The summed E-state index contributed by atoms with van der Waals surface area (Å²) >= 11 is 0. The van der Waals surface area contributed by atoms with Crippen molar-refractivity contribution in [2.24, 2.45) is 7.05 Å². The number of hydrogen-bond donors (Lipinski definition) is 0. The normalized spacial score (nSPS) is 10.9. The van der Waals surface area contributed by atoms with Crippen molar-refractivity contribution in [3.8, 4) is 23.4 Å². The highest BCUT2D eigenvalue weighted by atomic mass is 16.5. The van der Waals surface area contributed by atoms with Crippen LogP contribution in [0.4, 0.5) is 0 Å². The summed E-state index contributed by atoms with van der Waals surface area (Å²) in [5, 5.41) is 12.0. The second-order valence-corrected chi connectivity index (χ2v) is 6.16. The van der Waals surface area contributed by atoms with E-state index in [1.807, 2.05) is 19.1 Å². The quantitative estimate of drug-likeness (QED) is 0.472. The van der Waals surface area contributed by atoms with Crippen LogP contribution in [0.3, 0.4) is 0 Å². The van der Waals surface area contributed by atoms with Crippen LogP contribution in [-0.4, -0.2) is 46.6 Å². The molecule has 11 heteroatoms. The van der Waals surface area contributed by atoms with Crippen LogP contribution in [0.25, 0.3) is 11.6 Å². The minimum absolute atomic E-state index is 0.195. The van der Waals surface area contributed by atoms with Gasteiger partial charge in [-0.05, 0) is 29.0 Å². The molecule has 0 bridgehead atoms. The van der Waals surface area contributed by atoms with Crippen molar-refractivity contribution in [3.63, 3.8) is 0 Å². The van der Waals surface area contributed by atoms with Crippen LogP contribution in [0, 0.1) is 6.92 Å². The van der Waals surface area contributed by atoms with Crippen molar-refractivity contribution in [2.45, 2.75) is 13.5 Å². The Bertz CT molecular complexity index is 1210. The highest BCUT2D eigenvalue weighted by Gasteiger charge is 2.14. The van der Waals surface area contributed by atoms with Gasteiger partial charge in [0.1, 0.15) is 6.61 Å². The third-order valence-electron chi connectivity index (χ3n) is 4.30. The largest absolute Gasteiger partial charge is 0.481 e. The molecule has 0 aliphatic carbocycles. The third kappa shape index (κ3) is 3.57. The van der Waals surface area contributed by atoms with Crippen LogP contribution in [0.2, 0.25) is 0 Å². The number of rotatable bonds is 6. The van der Waals surface area contributed by atoms with Crippen molar-refractivity contribution in [1.29, 1.82) is 0 Å². The first-order valence-corrected chi connectivity index (χ1v) is 8.70. The minimum Gasteiger partial charge on any atom is -0.481 e. The Kier molecular flexibility index (Phi) is 4.77. The van der Waals surface area contributed by atoms with E-state index in [-0.39, 0.29) is 12.3 Å². The Balaban J connectivity index is 1.58. The average Bonchev–Trinajstić information content (AvgIpc) is 3.34. The first kappa shape index (κ1) is 18.3. The predicted molar refractivity (Wildman–Crippen MR) is 101 cm³/mol. The summed E-state index contributed by atoms with van der Waals surface area (Å²) in [5.41, 5.74) is 2.04. The number of aromatic nitrogens is 8. The molecule has 0 unspecified atom stereocenters. The maximum absolute atomic E-state index is 12.2. The molecule has 0 aliphatic rings. The fourth-order valence-corrected chi connectivity index (χ4v) is 2.74. The number of aryl methyl sites for hydroxylation is 2. The second-order valence-electron chi connectivity index (χ2n) is 6.16. The summed E-state index contributed by atoms with van der Waals surface area (Å²) < 4.78 is 14.9. The number of benzene rings is 1. The van der Waals surface area contributed by atoms with E-state index in [4.69, 9.17) is 9.47 Å². The molecule has 11 nitrogen and oxygen atoms in total. The summed E-state index contributed by atoms with van der Waals surface area (Å²) in [6, 6.07) is 8.94. The van der Waals surface area contributed by atoms with Gasteiger partial charge in [0.05, 0.1) is 12.8 Å². The lowest BCUT2D eigenvalue weighted by atomic mass is 10.1. The van der Waals surface area contributed by atoms with Gasteiger partial charge in [0.15, 0.2) is 0 Å². The highest BCUT2D eigenvalue weighted by molar-refractivity contribution is 5.44. The first-order chi connectivity index (χ1) is 14.1. The highest BCUT2D eigenvalue weighted by Crippen LogP contribution is 2.20. The molecule has 0 saturated carbocycles. The topological polar surface area (TPSA) is 115 Å². The monoisotopic (exact) mass is 394 g/mol. The SMILES string of the molecule is COc1ccnc(-n2ccc(OCc3c(C)cccc3-n3nnn(C)c3=O)n2)n1. The van der Waals surface area contributed by atoms with Gasteiger partial charge < -0.3 is 9.47 Å². The van der Waals surface area contributed by atoms with E-state index in [2.05, 4.69) is 25.5 Å². The van der Waals surface area contributed by atoms with Crippen molar-refractivity contribution in [1.82, 2.24) is 39.5 Å². The molecule has 4 aromatic rings. The van der Waals surface area contributed by atoms with E-state index in [9.17, 15) is 4.79 Å². The van der Waals surface area contributed by atoms with E-state index in [0.717, 1.165) is 11.1 Å². The molecule has 0 spiro atoms. The van der Waals surface area contributed by atoms with Gasteiger partial charge >= 0.3 is 5.69 Å². The van der Waals surface area contributed by atoms with Gasteiger partial charge in [-0.3, -0.25) is 0 Å². The van der Waals surface area contributed by atoms with E-state index >= 15 is 0 Å². The van der Waals surface area contributed by atoms with Gasteiger partial charge in [-0.25, -0.2) is 14.5 Å². The van der Waals surface area contributed by atoms with Crippen LogP contribution in [0.1, 0.15) is 11.1 Å². The lowest BCUT2D eigenvalue weighted by Crippen LogP contribution is -2.23. The third-order valence-corrected chi connectivity index (χ3v) is 4.30. The summed E-state index contributed by atoms with van der Waals surface area (Å²) in [5.74, 6) is 1.19. The molecule has 0 amide bonds. The Hall–Kier alpha value is -4.02. The van der Waals surface area contributed by atoms with Crippen LogP contribution < -0.4 is 15.2 Å². The molecule has 29 heavy (non-hydrogen) atoms. The Morgan fingerprint density at radius 3 is 2.72 bits per heavy atom. The maximum atomic E-state index is 12.2. The van der Waals surface area contributed by atoms with Gasteiger partial charge in [-0.15, -0.1) is 5.10 Å². The number of methoxy groups -OCH3 is 1. The van der Waals surface area contributed by atoms with Crippen LogP contribution >= 0.6 is 0 Å². The number of nitrogens with zero attached hydrogens (tertiary/aromatic N) is 8. The molecule has 0 fully saturated rings. The number of ether oxygens (including phenoxy) is 2. The average molecular weight is 394 g/mol. The minimum atomic E-state index is -0.337. The second kappa shape index (κ2) is 7.54. The lowest BCUT2D eigenvalue weighted by Gasteiger charge is -2.11. The van der Waals surface area contributed by atoms with E-state index in [1.165, 1.54) is 21.2 Å². The van der Waals surface area contributed by atoms with Gasteiger partial charge in [-0.2, -0.15) is 14.3 Å². The van der Waals surface area contributed by atoms with Gasteiger partial charge in [-0.1, -0.05) is 12.1 Å². The molecular formula is C18H18N8O3. The molecule has 0 atom stereocenters. The van der Waals surface area contributed by atoms with E-state index < -0.39 is 0 Å². The zero-order valence-electron chi connectivity index (χ0n) is 16.1. The first-order valence-electron chi connectivity index (χ1n) is 8.70. The lowest BCUT2D eigenvalue weighted by molar-refractivity contribution is 0.290. The van der Waals surface area contributed by atoms with Crippen LogP contribution in [-0.2, 0) is 13.7 Å². The van der Waals surface area contributed by atoms with Crippen molar-refractivity contribution in [2.75, 3.05) is 7.11 Å². The zero-order chi connectivity index (χ0) is 20.4. The Morgan fingerprint density at radius 1 is 1.10 bits per heavy atom. The molecule has 4 rings (SSSR count). The molecule has 3 aromatic heterocycles. The summed E-state index contributed by atoms with van der Waals surface area (Å²) in [4.78, 5) is 20.6. The van der Waals surface area contributed by atoms with Crippen LogP contribution in [0.15, 0.2) is 47.5 Å². The smallest absolute Gasteiger partial charge is 0.368 e. The van der Waals surface area contributed by atoms with E-state index in [1.54, 1.807) is 37.6 Å². The predicted octanol–water partition coefficient (Wildman–Crippen LogP) is 0.838. The fourth-order valence-electron chi connectivity index (χ4n) is 2.74. The molecule has 0 N–H and O–H groups in total. The summed E-state index contributed by atoms with van der Waals surface area (Å²) in [7, 11) is 3.08. The molecule has 148 valence electrons. The van der Waals surface area contributed by atoms with Gasteiger partial charge in [0, 0.05) is 37.1 Å². The Morgan fingerprint density at radius 2 is 1.97 bits per heavy atom. The molecule has 0 saturated heterocycles. The maximum Gasteiger partial charge on any atom is 0.368 e. The molecular weight excluding hydrogens is 376 g/mol. The summed E-state index contributed by atoms with van der Waals surface area (Å²) in [6.07, 6.45) is 3.28. The number of tetrazole rings is 1. The van der Waals surface area contributed by atoms with Crippen molar-refractivity contribution < 1.29 is 9.47 Å². The molecule has 3 heterocycles. The Labute approximate surface area is 165 Å². The van der Waals surface area contributed by atoms with Crippen molar-refractivity contribution >= 4 is 0 Å². The number of hydrogen-bond acceptors (Lipinski definition) is 8. The molecule has 0 radical (unpaired) electrons. The fraction of sp³-hybridized carbons (Fsp3) is 0.222. The van der Waals surface area contributed by atoms with Crippen molar-refractivity contribution in [3.05, 3.63) is 64.3 Å². The molecule has 1 aromatic carbocycles. The van der Waals surface area contributed by atoms with Gasteiger partial charge in [0.2, 0.25) is 11.8 Å². The van der Waals surface area contributed by atoms with E-state index in [0.29, 0.717) is 23.4 Å². The standard InChI is InChI=1S/C18H18N8O3/c1-12-5-4-6-14(26-18(27)24(2)22-23-26)13(12)11-29-16-8-10-25(21-16)17-19-9-7-15(20-17)28-3/h4-10H,11H2,1-3H3. The van der Waals surface area contributed by atoms with Gasteiger partial charge in [0.25, 0.3) is 5.95 Å². The summed E-state index contributed by atoms with van der Waals surface area (Å²) in [6.45, 7) is 2.13.